The van der Waals surface area contributed by atoms with Crippen molar-refractivity contribution in [3.8, 4) is 11.3 Å². The summed E-state index contributed by atoms with van der Waals surface area (Å²) in [5, 5.41) is 13.1. The number of thiazole rings is 1. The molecule has 0 aliphatic carbocycles. The highest BCUT2D eigenvalue weighted by Gasteiger charge is 2.36. The van der Waals surface area contributed by atoms with Gasteiger partial charge in [0, 0.05) is 42.5 Å². The van der Waals surface area contributed by atoms with E-state index in [1.165, 1.54) is 0 Å². The van der Waals surface area contributed by atoms with Gasteiger partial charge in [-0.3, -0.25) is 9.69 Å². The van der Waals surface area contributed by atoms with Crippen LogP contribution in [0.15, 0.2) is 58.5 Å². The maximum absolute atomic E-state index is 15.1. The number of hydrogen-bond donors (Lipinski definition) is 1. The van der Waals surface area contributed by atoms with Crippen LogP contribution in [0.5, 0.6) is 0 Å². The standard InChI is InChI=1S/C25H23FN2O3S/c1-2-21(28-13-18(14-28)25(29)30)16-4-5-19(20(26)11-16)23-12-17-9-15(3-6-22(17)31-23)10-24-27-7-8-32-24/h3-9,11-12,18,21H,2,10,13-14H2,1H3,(H,29,30). The normalized spacial score (nSPS) is 15.7. The summed E-state index contributed by atoms with van der Waals surface area (Å²) >= 11 is 1.63. The number of aliphatic carboxylic acids is 1. The molecule has 5 nitrogen and oxygen atoms in total. The number of fused-ring (bicyclic) bond motifs is 1. The molecule has 2 aromatic heterocycles. The van der Waals surface area contributed by atoms with Crippen LogP contribution in [0.4, 0.5) is 4.39 Å². The number of rotatable bonds is 7. The van der Waals surface area contributed by atoms with Crippen LogP contribution in [-0.2, 0) is 11.2 Å². The molecule has 1 saturated heterocycles. The number of benzene rings is 2. The van der Waals surface area contributed by atoms with Gasteiger partial charge in [0.15, 0.2) is 0 Å². The van der Waals surface area contributed by atoms with Crippen molar-refractivity contribution in [3.05, 3.63) is 76.0 Å². The van der Waals surface area contributed by atoms with Crippen molar-refractivity contribution < 1.29 is 18.7 Å². The highest BCUT2D eigenvalue weighted by Crippen LogP contribution is 2.35. The SMILES string of the molecule is CCC(c1ccc(-c2cc3cc(Cc4nccs4)ccc3o2)c(F)c1)N1CC(C(=O)O)C1. The third-order valence-electron chi connectivity index (χ3n) is 6.15. The minimum Gasteiger partial charge on any atom is -0.481 e. The van der Waals surface area contributed by atoms with Crippen LogP contribution in [0.1, 0.15) is 35.5 Å². The predicted octanol–water partition coefficient (Wildman–Crippen LogP) is 5.75. The minimum absolute atomic E-state index is 0.0123. The second-order valence-electron chi connectivity index (χ2n) is 8.24. The van der Waals surface area contributed by atoms with Gasteiger partial charge in [-0.15, -0.1) is 11.3 Å². The number of hydrogen-bond acceptors (Lipinski definition) is 5. The van der Waals surface area contributed by atoms with E-state index in [-0.39, 0.29) is 17.8 Å². The smallest absolute Gasteiger partial charge is 0.309 e. The van der Waals surface area contributed by atoms with Gasteiger partial charge in [0.1, 0.15) is 17.2 Å². The average molecular weight is 451 g/mol. The summed E-state index contributed by atoms with van der Waals surface area (Å²) in [6.45, 7) is 3.04. The molecule has 0 amide bonds. The van der Waals surface area contributed by atoms with Crippen LogP contribution in [0.25, 0.3) is 22.3 Å². The first-order valence-electron chi connectivity index (χ1n) is 10.7. The van der Waals surface area contributed by atoms with E-state index in [0.29, 0.717) is 24.4 Å². The predicted molar refractivity (Wildman–Crippen MR) is 122 cm³/mol. The Hall–Kier alpha value is -3.03. The second kappa shape index (κ2) is 8.48. The molecule has 1 N–H and O–H groups in total. The van der Waals surface area contributed by atoms with Gasteiger partial charge in [0.05, 0.1) is 16.5 Å². The maximum atomic E-state index is 15.1. The highest BCUT2D eigenvalue weighted by atomic mass is 32.1. The lowest BCUT2D eigenvalue weighted by Gasteiger charge is -2.42. The monoisotopic (exact) mass is 450 g/mol. The summed E-state index contributed by atoms with van der Waals surface area (Å²) in [7, 11) is 0. The fraction of sp³-hybridized carbons (Fsp3) is 0.280. The molecule has 32 heavy (non-hydrogen) atoms. The van der Waals surface area contributed by atoms with E-state index in [2.05, 4.69) is 16.0 Å². The van der Waals surface area contributed by atoms with E-state index in [1.54, 1.807) is 29.7 Å². The van der Waals surface area contributed by atoms with Crippen molar-refractivity contribution in [2.45, 2.75) is 25.8 Å². The van der Waals surface area contributed by atoms with Crippen molar-refractivity contribution in [3.63, 3.8) is 0 Å². The fourth-order valence-electron chi connectivity index (χ4n) is 4.42. The van der Waals surface area contributed by atoms with Crippen LogP contribution >= 0.6 is 11.3 Å². The van der Waals surface area contributed by atoms with E-state index in [0.717, 1.165) is 39.9 Å². The molecular weight excluding hydrogens is 427 g/mol. The molecule has 5 rings (SSSR count). The second-order valence-corrected chi connectivity index (χ2v) is 9.22. The third-order valence-corrected chi connectivity index (χ3v) is 6.93. The summed E-state index contributed by atoms with van der Waals surface area (Å²) in [6, 6.07) is 13.1. The van der Waals surface area contributed by atoms with Gasteiger partial charge in [-0.1, -0.05) is 19.1 Å². The maximum Gasteiger partial charge on any atom is 0.309 e. The zero-order valence-electron chi connectivity index (χ0n) is 17.6. The van der Waals surface area contributed by atoms with Crippen LogP contribution in [0.2, 0.25) is 0 Å². The Kier molecular flexibility index (Phi) is 5.53. The zero-order chi connectivity index (χ0) is 22.2. The van der Waals surface area contributed by atoms with Crippen molar-refractivity contribution in [2.24, 2.45) is 5.92 Å². The van der Waals surface area contributed by atoms with E-state index >= 15 is 4.39 Å². The number of halogens is 1. The zero-order valence-corrected chi connectivity index (χ0v) is 18.4. The first-order valence-corrected chi connectivity index (χ1v) is 11.6. The van der Waals surface area contributed by atoms with Gasteiger partial charge < -0.3 is 9.52 Å². The fourth-order valence-corrected chi connectivity index (χ4v) is 5.07. The largest absolute Gasteiger partial charge is 0.481 e. The Balaban J connectivity index is 1.38. The molecule has 7 heteroatoms. The first-order chi connectivity index (χ1) is 15.5. The molecule has 1 aliphatic rings. The van der Waals surface area contributed by atoms with Gasteiger partial charge >= 0.3 is 5.97 Å². The van der Waals surface area contributed by atoms with E-state index in [9.17, 15) is 4.79 Å². The van der Waals surface area contributed by atoms with E-state index < -0.39 is 5.97 Å². The summed E-state index contributed by atoms with van der Waals surface area (Å²) in [5.41, 5.74) is 3.14. The Bertz CT molecular complexity index is 1260. The number of carbonyl (C=O) groups is 1. The number of nitrogens with zero attached hydrogens (tertiary/aromatic N) is 2. The van der Waals surface area contributed by atoms with Crippen molar-refractivity contribution in [1.29, 1.82) is 0 Å². The molecule has 1 fully saturated rings. The molecular formula is C25H23FN2O3S. The van der Waals surface area contributed by atoms with Gasteiger partial charge in [-0.05, 0) is 47.9 Å². The molecule has 1 atom stereocenters. The van der Waals surface area contributed by atoms with Crippen LogP contribution in [-0.4, -0.2) is 34.0 Å². The molecule has 4 aromatic rings. The average Bonchev–Trinajstić information content (AvgIpc) is 3.39. The van der Waals surface area contributed by atoms with E-state index in [4.69, 9.17) is 9.52 Å². The van der Waals surface area contributed by atoms with Gasteiger partial charge in [0.2, 0.25) is 0 Å². The van der Waals surface area contributed by atoms with Gasteiger partial charge in [-0.2, -0.15) is 0 Å². The van der Waals surface area contributed by atoms with Crippen molar-refractivity contribution in [1.82, 2.24) is 9.88 Å². The van der Waals surface area contributed by atoms with Crippen molar-refractivity contribution >= 4 is 28.3 Å². The van der Waals surface area contributed by atoms with Crippen LogP contribution in [0, 0.1) is 11.7 Å². The Labute approximate surface area is 189 Å². The quantitative estimate of drug-likeness (QED) is 0.388. The minimum atomic E-state index is -0.766. The Morgan fingerprint density at radius 1 is 1.28 bits per heavy atom. The van der Waals surface area contributed by atoms with Crippen LogP contribution < -0.4 is 0 Å². The van der Waals surface area contributed by atoms with Gasteiger partial charge in [-0.25, -0.2) is 9.37 Å². The van der Waals surface area contributed by atoms with E-state index in [1.807, 2.05) is 36.6 Å². The molecule has 3 heterocycles. The number of carboxylic acids is 1. The van der Waals surface area contributed by atoms with Crippen LogP contribution in [0.3, 0.4) is 0 Å². The van der Waals surface area contributed by atoms with Gasteiger partial charge in [0.25, 0.3) is 0 Å². The molecule has 0 saturated carbocycles. The number of carboxylic acid groups (broad SMARTS) is 1. The summed E-state index contributed by atoms with van der Waals surface area (Å²) in [4.78, 5) is 17.5. The lowest BCUT2D eigenvalue weighted by molar-refractivity contribution is -0.148. The molecule has 0 radical (unpaired) electrons. The lowest BCUT2D eigenvalue weighted by atomic mass is 9.92. The Morgan fingerprint density at radius 3 is 2.81 bits per heavy atom. The molecule has 164 valence electrons. The third kappa shape index (κ3) is 3.94. The molecule has 0 bridgehead atoms. The van der Waals surface area contributed by atoms with Crippen molar-refractivity contribution in [2.75, 3.05) is 13.1 Å². The molecule has 0 spiro atoms. The Morgan fingerprint density at radius 2 is 2.12 bits per heavy atom. The summed E-state index contributed by atoms with van der Waals surface area (Å²) < 4.78 is 21.0. The number of furan rings is 1. The highest BCUT2D eigenvalue weighted by molar-refractivity contribution is 7.09. The molecule has 2 aromatic carbocycles. The number of aromatic nitrogens is 1. The topological polar surface area (TPSA) is 66.6 Å². The lowest BCUT2D eigenvalue weighted by Crippen LogP contribution is -2.51. The molecule has 1 aliphatic heterocycles. The number of likely N-dealkylation sites (tertiary alicyclic amines) is 1. The molecule has 1 unspecified atom stereocenters. The summed E-state index contributed by atoms with van der Waals surface area (Å²) in [6.07, 6.45) is 3.35. The first kappa shape index (κ1) is 20.8. The summed E-state index contributed by atoms with van der Waals surface area (Å²) in [5.74, 6) is -0.932.